The molecule has 2 aliphatic heterocycles. The summed E-state index contributed by atoms with van der Waals surface area (Å²) in [6, 6.07) is 22.5. The van der Waals surface area contributed by atoms with Gasteiger partial charge in [0.15, 0.2) is 6.29 Å². The number of nitro groups is 1. The normalized spacial score (nSPS) is 19.7. The van der Waals surface area contributed by atoms with Crippen molar-refractivity contribution >= 4 is 23.2 Å². The summed E-state index contributed by atoms with van der Waals surface area (Å²) >= 11 is 0. The number of nitrogens with zero attached hydrogens (tertiary/aromatic N) is 3. The molecule has 3 aromatic rings. The van der Waals surface area contributed by atoms with Crippen LogP contribution in [0, 0.1) is 10.1 Å². The highest BCUT2D eigenvalue weighted by atomic mass is 16.7. The van der Waals surface area contributed by atoms with Crippen molar-refractivity contribution in [2.24, 2.45) is 0 Å². The number of ether oxygens (including phenoxy) is 2. The second-order valence-electron chi connectivity index (χ2n) is 12.7. The van der Waals surface area contributed by atoms with Crippen molar-refractivity contribution in [3.05, 3.63) is 105 Å². The van der Waals surface area contributed by atoms with Gasteiger partial charge in [0.05, 0.1) is 23.7 Å². The lowest BCUT2D eigenvalue weighted by atomic mass is 9.99. The van der Waals surface area contributed by atoms with Gasteiger partial charge in [0.25, 0.3) is 5.69 Å². The molecule has 2 saturated heterocycles. The standard InChI is InChI=1S/C37H47N5O7/c1-27(44)38-18-4-2-3-5-36(45)39-24-28-6-12-31(13-7-28)37-48-34(23-35(49-37)30-10-8-29(26-43)9-11-30)25-40-19-21-41(22-20-40)32-14-16-33(17-15-32)42(46)47/h6-17,34-35,37,43H,2-5,18-26H2,1H3,(H,38,44)(H,39,45)/t34-,35+,37+/m0/s1. The minimum atomic E-state index is -0.566. The Morgan fingerprint density at radius 2 is 1.53 bits per heavy atom. The lowest BCUT2D eigenvalue weighted by Crippen LogP contribution is -2.49. The van der Waals surface area contributed by atoms with Crippen molar-refractivity contribution in [2.45, 2.75) is 70.7 Å². The molecule has 2 heterocycles. The number of hydrogen-bond donors (Lipinski definition) is 3. The second-order valence-corrected chi connectivity index (χ2v) is 12.7. The number of carbonyl (C=O) groups is 2. The molecule has 12 nitrogen and oxygen atoms in total. The summed E-state index contributed by atoms with van der Waals surface area (Å²) in [5.41, 5.74) is 4.84. The van der Waals surface area contributed by atoms with Gasteiger partial charge in [-0.3, -0.25) is 24.6 Å². The number of hydrogen-bond acceptors (Lipinski definition) is 9. The first-order valence-corrected chi connectivity index (χ1v) is 17.1. The molecule has 49 heavy (non-hydrogen) atoms. The van der Waals surface area contributed by atoms with Crippen LogP contribution in [0.2, 0.25) is 0 Å². The SMILES string of the molecule is CC(=O)NCCCCCC(=O)NCc1ccc([C@@H]2O[C@H](CN3CCN(c4ccc([N+](=O)[O-])cc4)CC3)C[C@H](c3ccc(CO)cc3)O2)cc1. The van der Waals surface area contributed by atoms with Gasteiger partial charge in [-0.2, -0.15) is 0 Å². The molecule has 5 rings (SSSR count). The number of piperazine rings is 1. The minimum absolute atomic E-state index is 0.00836. The second kappa shape index (κ2) is 17.9. The van der Waals surface area contributed by atoms with Gasteiger partial charge in [0, 0.05) is 89.0 Å². The Labute approximate surface area is 287 Å². The van der Waals surface area contributed by atoms with E-state index in [1.54, 1.807) is 12.1 Å². The third kappa shape index (κ3) is 10.8. The summed E-state index contributed by atoms with van der Waals surface area (Å²) in [5.74, 6) is -0.0266. The summed E-state index contributed by atoms with van der Waals surface area (Å²) in [7, 11) is 0. The van der Waals surface area contributed by atoms with E-state index in [0.29, 0.717) is 25.9 Å². The average molecular weight is 674 g/mol. The Bertz CT molecular complexity index is 1510. The van der Waals surface area contributed by atoms with E-state index < -0.39 is 6.29 Å². The van der Waals surface area contributed by atoms with Gasteiger partial charge in [-0.15, -0.1) is 0 Å². The van der Waals surface area contributed by atoms with Crippen molar-refractivity contribution in [3.8, 4) is 0 Å². The molecule has 2 amide bonds. The molecule has 0 unspecified atom stereocenters. The van der Waals surface area contributed by atoms with Gasteiger partial charge < -0.3 is 30.1 Å². The van der Waals surface area contributed by atoms with Gasteiger partial charge in [-0.25, -0.2) is 0 Å². The Hall–Kier alpha value is -4.36. The van der Waals surface area contributed by atoms with Gasteiger partial charge >= 0.3 is 0 Å². The minimum Gasteiger partial charge on any atom is -0.392 e. The van der Waals surface area contributed by atoms with Gasteiger partial charge in [-0.05, 0) is 41.7 Å². The number of nitrogens with one attached hydrogen (secondary N) is 2. The topological polar surface area (TPSA) is 147 Å². The number of aliphatic hydroxyl groups excluding tert-OH is 1. The third-order valence-electron chi connectivity index (χ3n) is 9.07. The Kier molecular flexibility index (Phi) is 13.1. The number of unbranched alkanes of at least 4 members (excludes halogenated alkanes) is 2. The predicted octanol–water partition coefficient (Wildman–Crippen LogP) is 4.77. The summed E-state index contributed by atoms with van der Waals surface area (Å²) in [5, 5.41) is 26.3. The number of carbonyl (C=O) groups excluding carboxylic acids is 2. The highest BCUT2D eigenvalue weighted by molar-refractivity contribution is 5.75. The molecule has 0 bridgehead atoms. The monoisotopic (exact) mass is 673 g/mol. The van der Waals surface area contributed by atoms with Crippen LogP contribution >= 0.6 is 0 Å². The number of nitro benzene ring substituents is 1. The highest BCUT2D eigenvalue weighted by Gasteiger charge is 2.34. The lowest BCUT2D eigenvalue weighted by Gasteiger charge is -2.41. The summed E-state index contributed by atoms with van der Waals surface area (Å²) in [6.45, 7) is 6.62. The van der Waals surface area contributed by atoms with Gasteiger partial charge in [0.1, 0.15) is 0 Å². The molecule has 0 aromatic heterocycles. The zero-order valence-electron chi connectivity index (χ0n) is 28.1. The lowest BCUT2D eigenvalue weighted by molar-refractivity contribution is -0.384. The van der Waals surface area contributed by atoms with Crippen LogP contribution in [0.15, 0.2) is 72.8 Å². The quantitative estimate of drug-likeness (QED) is 0.118. The molecule has 2 fully saturated rings. The Balaban J connectivity index is 1.16. The first kappa shape index (κ1) is 35.9. The van der Waals surface area contributed by atoms with Crippen LogP contribution in [0.25, 0.3) is 0 Å². The molecule has 3 N–H and O–H groups in total. The fourth-order valence-electron chi connectivity index (χ4n) is 6.23. The predicted molar refractivity (Wildman–Crippen MR) is 186 cm³/mol. The van der Waals surface area contributed by atoms with Crippen LogP contribution in [-0.2, 0) is 32.2 Å². The Morgan fingerprint density at radius 1 is 0.857 bits per heavy atom. The molecular formula is C37H47N5O7. The third-order valence-corrected chi connectivity index (χ3v) is 9.07. The van der Waals surface area contributed by atoms with E-state index in [1.165, 1.54) is 6.92 Å². The molecular weight excluding hydrogens is 626 g/mol. The first-order valence-electron chi connectivity index (χ1n) is 17.1. The van der Waals surface area contributed by atoms with E-state index in [4.69, 9.17) is 9.47 Å². The maximum absolute atomic E-state index is 12.3. The fraction of sp³-hybridized carbons (Fsp3) is 0.459. The summed E-state index contributed by atoms with van der Waals surface area (Å²) in [4.78, 5) is 38.6. The van der Waals surface area contributed by atoms with Crippen molar-refractivity contribution in [3.63, 3.8) is 0 Å². The van der Waals surface area contributed by atoms with Crippen molar-refractivity contribution in [1.82, 2.24) is 15.5 Å². The molecule has 0 aliphatic carbocycles. The van der Waals surface area contributed by atoms with E-state index in [2.05, 4.69) is 20.4 Å². The van der Waals surface area contributed by atoms with Crippen LogP contribution in [0.1, 0.15) is 73.7 Å². The molecule has 3 atom stereocenters. The zero-order valence-corrected chi connectivity index (χ0v) is 28.1. The summed E-state index contributed by atoms with van der Waals surface area (Å²) < 4.78 is 13.1. The number of rotatable bonds is 15. The first-order chi connectivity index (χ1) is 23.8. The molecule has 262 valence electrons. The van der Waals surface area contributed by atoms with E-state index in [0.717, 1.165) is 79.9 Å². The van der Waals surface area contributed by atoms with Crippen LogP contribution in [0.3, 0.4) is 0 Å². The van der Waals surface area contributed by atoms with Gasteiger partial charge in [-0.1, -0.05) is 55.0 Å². The number of anilines is 1. The number of amides is 2. The molecule has 0 spiro atoms. The number of aliphatic hydroxyl groups is 1. The van der Waals surface area contributed by atoms with E-state index in [1.807, 2.05) is 60.7 Å². The van der Waals surface area contributed by atoms with Crippen molar-refractivity contribution in [1.29, 1.82) is 0 Å². The average Bonchev–Trinajstić information content (AvgIpc) is 3.12. The van der Waals surface area contributed by atoms with Crippen LogP contribution in [0.4, 0.5) is 11.4 Å². The molecule has 12 heteroatoms. The summed E-state index contributed by atoms with van der Waals surface area (Å²) in [6.07, 6.45) is 2.83. The van der Waals surface area contributed by atoms with Gasteiger partial charge in [0.2, 0.25) is 11.8 Å². The molecule has 3 aromatic carbocycles. The maximum Gasteiger partial charge on any atom is 0.269 e. The smallest absolute Gasteiger partial charge is 0.269 e. The maximum atomic E-state index is 12.3. The van der Waals surface area contributed by atoms with Crippen LogP contribution < -0.4 is 15.5 Å². The fourth-order valence-corrected chi connectivity index (χ4v) is 6.23. The Morgan fingerprint density at radius 3 is 2.18 bits per heavy atom. The molecule has 0 saturated carbocycles. The number of benzene rings is 3. The van der Waals surface area contributed by atoms with Crippen molar-refractivity contribution in [2.75, 3.05) is 44.2 Å². The molecule has 0 radical (unpaired) electrons. The van der Waals surface area contributed by atoms with Crippen LogP contribution in [-0.4, -0.2) is 72.1 Å². The van der Waals surface area contributed by atoms with Crippen LogP contribution in [0.5, 0.6) is 0 Å². The van der Waals surface area contributed by atoms with E-state index in [-0.39, 0.29) is 41.2 Å². The van der Waals surface area contributed by atoms with E-state index >= 15 is 0 Å². The molecule has 2 aliphatic rings. The number of non-ortho nitro benzene ring substituents is 1. The van der Waals surface area contributed by atoms with Crippen molar-refractivity contribution < 1.29 is 29.1 Å². The van der Waals surface area contributed by atoms with E-state index in [9.17, 15) is 24.8 Å². The zero-order chi connectivity index (χ0) is 34.6. The highest BCUT2D eigenvalue weighted by Crippen LogP contribution is 2.38. The largest absolute Gasteiger partial charge is 0.392 e.